The molecule has 0 fully saturated rings. The highest BCUT2D eigenvalue weighted by molar-refractivity contribution is 7.12. The van der Waals surface area contributed by atoms with Gasteiger partial charge in [-0.2, -0.15) is 5.10 Å². The first-order valence-corrected chi connectivity index (χ1v) is 7.38. The number of hydrogen-bond donors (Lipinski definition) is 1. The summed E-state index contributed by atoms with van der Waals surface area (Å²) in [4.78, 5) is 35.1. The maximum absolute atomic E-state index is 11.9. The summed E-state index contributed by atoms with van der Waals surface area (Å²) in [5, 5.41) is 8.43. The number of esters is 1. The molecule has 2 aromatic rings. The van der Waals surface area contributed by atoms with Crippen LogP contribution < -0.4 is 10.9 Å². The Bertz CT molecular complexity index is 751. The number of aryl methyl sites for hydroxylation is 2. The summed E-state index contributed by atoms with van der Waals surface area (Å²) in [6.07, 6.45) is 0.597. The normalized spacial score (nSPS) is 10.3. The van der Waals surface area contributed by atoms with E-state index in [0.29, 0.717) is 22.7 Å². The molecule has 0 saturated heterocycles. The molecule has 0 bridgehead atoms. The number of ether oxygens (including phenoxy) is 1. The summed E-state index contributed by atoms with van der Waals surface area (Å²) in [5.74, 6) is -0.718. The van der Waals surface area contributed by atoms with Crippen molar-refractivity contribution in [2.45, 2.75) is 12.8 Å². The Balaban J connectivity index is 1.96. The van der Waals surface area contributed by atoms with E-state index in [1.54, 1.807) is 24.6 Å². The Labute approximate surface area is 130 Å². The van der Waals surface area contributed by atoms with Crippen LogP contribution in [-0.4, -0.2) is 28.8 Å². The Morgan fingerprint density at radius 1 is 1.36 bits per heavy atom. The van der Waals surface area contributed by atoms with Gasteiger partial charge < -0.3 is 10.1 Å². The molecule has 2 rings (SSSR count). The number of nitrogens with one attached hydrogen (secondary N) is 1. The third-order valence-corrected chi connectivity index (χ3v) is 3.83. The second-order valence-electron chi connectivity index (χ2n) is 4.49. The lowest BCUT2D eigenvalue weighted by molar-refractivity contribution is -0.116. The summed E-state index contributed by atoms with van der Waals surface area (Å²) >= 11 is 1.20. The van der Waals surface area contributed by atoms with E-state index in [0.717, 1.165) is 0 Å². The lowest BCUT2D eigenvalue weighted by Gasteiger charge is -2.06. The van der Waals surface area contributed by atoms with E-state index in [9.17, 15) is 14.4 Å². The Morgan fingerprint density at radius 3 is 2.82 bits per heavy atom. The number of amides is 1. The molecule has 116 valence electrons. The molecule has 0 spiro atoms. The van der Waals surface area contributed by atoms with Gasteiger partial charge in [0.25, 0.3) is 5.56 Å². The average Bonchev–Trinajstić information content (AvgIpc) is 2.95. The van der Waals surface area contributed by atoms with Crippen LogP contribution in [0.3, 0.4) is 0 Å². The lowest BCUT2D eigenvalue weighted by Crippen LogP contribution is -2.20. The van der Waals surface area contributed by atoms with Crippen LogP contribution in [0.1, 0.15) is 21.8 Å². The largest absolute Gasteiger partial charge is 0.465 e. The van der Waals surface area contributed by atoms with Crippen molar-refractivity contribution in [1.82, 2.24) is 9.78 Å². The van der Waals surface area contributed by atoms with Crippen LogP contribution in [0.15, 0.2) is 28.4 Å². The summed E-state index contributed by atoms with van der Waals surface area (Å²) in [5.41, 5.74) is 0.889. The molecule has 2 aromatic heterocycles. The van der Waals surface area contributed by atoms with Crippen molar-refractivity contribution < 1.29 is 14.3 Å². The zero-order valence-corrected chi connectivity index (χ0v) is 13.0. The van der Waals surface area contributed by atoms with E-state index in [4.69, 9.17) is 0 Å². The molecule has 2 heterocycles. The molecular formula is C14H15N3O4S. The van der Waals surface area contributed by atoms with Crippen LogP contribution in [0.2, 0.25) is 0 Å². The minimum atomic E-state index is -0.481. The third kappa shape index (κ3) is 3.79. The minimum Gasteiger partial charge on any atom is -0.465 e. The SMILES string of the molecule is COC(=O)c1sccc1NC(=O)CCc1ccc(=O)n(C)n1. The highest BCUT2D eigenvalue weighted by Gasteiger charge is 2.15. The Kier molecular flexibility index (Phi) is 5.05. The number of aromatic nitrogens is 2. The summed E-state index contributed by atoms with van der Waals surface area (Å²) in [7, 11) is 2.85. The quantitative estimate of drug-likeness (QED) is 0.836. The van der Waals surface area contributed by atoms with Crippen LogP contribution in [0, 0.1) is 0 Å². The van der Waals surface area contributed by atoms with Gasteiger partial charge in [0.15, 0.2) is 0 Å². The molecule has 0 aromatic carbocycles. The fraction of sp³-hybridized carbons (Fsp3) is 0.286. The molecule has 0 aliphatic carbocycles. The van der Waals surface area contributed by atoms with Gasteiger partial charge in [0.1, 0.15) is 4.88 Å². The fourth-order valence-electron chi connectivity index (χ4n) is 1.80. The van der Waals surface area contributed by atoms with Gasteiger partial charge in [-0.15, -0.1) is 11.3 Å². The molecular weight excluding hydrogens is 306 g/mol. The first-order valence-electron chi connectivity index (χ1n) is 6.50. The van der Waals surface area contributed by atoms with Crippen molar-refractivity contribution in [2.75, 3.05) is 12.4 Å². The molecule has 0 unspecified atom stereocenters. The number of carbonyl (C=O) groups is 2. The van der Waals surface area contributed by atoms with E-state index in [1.165, 1.54) is 29.2 Å². The number of anilines is 1. The van der Waals surface area contributed by atoms with Crippen molar-refractivity contribution in [1.29, 1.82) is 0 Å². The molecule has 8 heteroatoms. The average molecular weight is 321 g/mol. The van der Waals surface area contributed by atoms with Crippen LogP contribution in [0.4, 0.5) is 5.69 Å². The van der Waals surface area contributed by atoms with Crippen LogP contribution in [0.5, 0.6) is 0 Å². The Hall–Kier alpha value is -2.48. The van der Waals surface area contributed by atoms with Crippen LogP contribution >= 0.6 is 11.3 Å². The molecule has 0 atom stereocenters. The maximum atomic E-state index is 11.9. The number of rotatable bonds is 5. The van der Waals surface area contributed by atoms with E-state index < -0.39 is 5.97 Å². The van der Waals surface area contributed by atoms with Crippen LogP contribution in [0.25, 0.3) is 0 Å². The summed E-state index contributed by atoms with van der Waals surface area (Å²) in [6, 6.07) is 4.66. The molecule has 0 aliphatic heterocycles. The smallest absolute Gasteiger partial charge is 0.350 e. The van der Waals surface area contributed by atoms with Gasteiger partial charge in [-0.3, -0.25) is 9.59 Å². The van der Waals surface area contributed by atoms with Gasteiger partial charge in [0.2, 0.25) is 5.91 Å². The molecule has 22 heavy (non-hydrogen) atoms. The zero-order chi connectivity index (χ0) is 16.1. The van der Waals surface area contributed by atoms with Crippen molar-refractivity contribution in [3.8, 4) is 0 Å². The van der Waals surface area contributed by atoms with Gasteiger partial charge >= 0.3 is 5.97 Å². The molecule has 1 N–H and O–H groups in total. The monoisotopic (exact) mass is 321 g/mol. The number of carbonyl (C=O) groups excluding carboxylic acids is 2. The van der Waals surface area contributed by atoms with Gasteiger partial charge in [0, 0.05) is 26.0 Å². The number of hydrogen-bond acceptors (Lipinski definition) is 6. The van der Waals surface area contributed by atoms with Gasteiger partial charge in [-0.05, 0) is 17.5 Å². The van der Waals surface area contributed by atoms with Crippen molar-refractivity contribution in [3.63, 3.8) is 0 Å². The lowest BCUT2D eigenvalue weighted by atomic mass is 10.2. The van der Waals surface area contributed by atoms with E-state index >= 15 is 0 Å². The number of thiophene rings is 1. The second kappa shape index (κ2) is 6.99. The number of nitrogens with zero attached hydrogens (tertiary/aromatic N) is 2. The second-order valence-corrected chi connectivity index (χ2v) is 5.41. The van der Waals surface area contributed by atoms with E-state index in [2.05, 4.69) is 15.2 Å². The predicted octanol–water partition coefficient (Wildman–Crippen LogP) is 1.20. The standard InChI is InChI=1S/C14H15N3O4S/c1-17-12(19)6-4-9(16-17)3-5-11(18)15-10-7-8-22-13(10)14(20)21-2/h4,6-8H,3,5H2,1-2H3,(H,15,18). The predicted molar refractivity (Wildman–Crippen MR) is 82.1 cm³/mol. The van der Waals surface area contributed by atoms with Crippen molar-refractivity contribution in [3.05, 3.63) is 44.5 Å². The summed E-state index contributed by atoms with van der Waals surface area (Å²) < 4.78 is 5.87. The van der Waals surface area contributed by atoms with E-state index in [-0.39, 0.29) is 17.9 Å². The Morgan fingerprint density at radius 2 is 2.14 bits per heavy atom. The topological polar surface area (TPSA) is 90.3 Å². The molecule has 7 nitrogen and oxygen atoms in total. The van der Waals surface area contributed by atoms with Gasteiger partial charge in [-0.1, -0.05) is 0 Å². The third-order valence-electron chi connectivity index (χ3n) is 2.93. The van der Waals surface area contributed by atoms with Crippen molar-refractivity contribution >= 4 is 28.9 Å². The molecule has 0 aliphatic rings. The zero-order valence-electron chi connectivity index (χ0n) is 12.2. The first kappa shape index (κ1) is 15.9. The molecule has 1 amide bonds. The van der Waals surface area contributed by atoms with E-state index in [1.807, 2.05) is 0 Å². The molecule has 0 saturated carbocycles. The van der Waals surface area contributed by atoms with Crippen LogP contribution in [-0.2, 0) is 23.0 Å². The van der Waals surface area contributed by atoms with Gasteiger partial charge in [0.05, 0.1) is 18.5 Å². The fourth-order valence-corrected chi connectivity index (χ4v) is 2.56. The van der Waals surface area contributed by atoms with Gasteiger partial charge in [-0.25, -0.2) is 9.48 Å². The first-order chi connectivity index (χ1) is 10.5. The number of methoxy groups -OCH3 is 1. The van der Waals surface area contributed by atoms with Crippen molar-refractivity contribution in [2.24, 2.45) is 7.05 Å². The maximum Gasteiger partial charge on any atom is 0.350 e. The highest BCUT2D eigenvalue weighted by Crippen LogP contribution is 2.23. The highest BCUT2D eigenvalue weighted by atomic mass is 32.1. The minimum absolute atomic E-state index is 0.196. The summed E-state index contributed by atoms with van der Waals surface area (Å²) in [6.45, 7) is 0. The molecule has 0 radical (unpaired) electrons.